The molecule has 0 aliphatic carbocycles. The molecule has 0 N–H and O–H groups in total. The van der Waals surface area contributed by atoms with E-state index < -0.39 is 0 Å². The Bertz CT molecular complexity index is 1170. The Kier molecular flexibility index (Phi) is 5.81. The Morgan fingerprint density at radius 1 is 1.20 bits per heavy atom. The Hall–Kier alpha value is -3.19. The van der Waals surface area contributed by atoms with Gasteiger partial charge in [-0.2, -0.15) is 5.10 Å². The van der Waals surface area contributed by atoms with Gasteiger partial charge in [-0.1, -0.05) is 35.1 Å². The summed E-state index contributed by atoms with van der Waals surface area (Å²) in [4.78, 5) is 19.9. The third kappa shape index (κ3) is 4.36. The van der Waals surface area contributed by atoms with Crippen LogP contribution in [0.3, 0.4) is 0 Å². The third-order valence-corrected chi connectivity index (χ3v) is 6.12. The summed E-state index contributed by atoms with van der Waals surface area (Å²) >= 11 is 1.50. The fourth-order valence-corrected chi connectivity index (χ4v) is 4.38. The number of carbonyl (C=O) groups is 1. The average molecular weight is 421 g/mol. The van der Waals surface area contributed by atoms with Gasteiger partial charge in [-0.15, -0.1) is 0 Å². The molecular formula is C23H24N4O2S. The molecule has 0 saturated carbocycles. The summed E-state index contributed by atoms with van der Waals surface area (Å²) in [5.41, 5.74) is 4.18. The van der Waals surface area contributed by atoms with E-state index in [1.807, 2.05) is 49.0 Å². The molecule has 0 bridgehead atoms. The number of methoxy groups -OCH3 is 1. The first-order valence-corrected chi connectivity index (χ1v) is 10.6. The molecule has 0 saturated heterocycles. The molecule has 0 radical (unpaired) electrons. The van der Waals surface area contributed by atoms with Crippen molar-refractivity contribution in [2.75, 3.05) is 18.6 Å². The number of benzene rings is 2. The van der Waals surface area contributed by atoms with Gasteiger partial charge < -0.3 is 4.74 Å². The maximum atomic E-state index is 13.4. The smallest absolute Gasteiger partial charge is 0.233 e. The third-order valence-electron chi connectivity index (χ3n) is 5.07. The molecule has 7 heteroatoms. The van der Waals surface area contributed by atoms with E-state index in [4.69, 9.17) is 9.72 Å². The molecule has 0 fully saturated rings. The number of aromatic nitrogens is 3. The topological polar surface area (TPSA) is 60.2 Å². The van der Waals surface area contributed by atoms with E-state index >= 15 is 0 Å². The van der Waals surface area contributed by atoms with Crippen LogP contribution in [-0.2, 0) is 17.8 Å². The number of rotatable bonds is 7. The Morgan fingerprint density at radius 3 is 2.83 bits per heavy atom. The monoisotopic (exact) mass is 420 g/mol. The van der Waals surface area contributed by atoms with Crippen LogP contribution in [0.15, 0.2) is 54.9 Å². The van der Waals surface area contributed by atoms with Gasteiger partial charge in [0.15, 0.2) is 5.13 Å². The fraction of sp³-hybridized carbons (Fsp3) is 0.261. The zero-order valence-corrected chi connectivity index (χ0v) is 18.1. The second kappa shape index (κ2) is 8.67. The molecule has 2 heterocycles. The summed E-state index contributed by atoms with van der Waals surface area (Å²) in [6, 6.07) is 13.9. The molecule has 0 aliphatic heterocycles. The number of nitrogens with zero attached hydrogens (tertiary/aromatic N) is 4. The first-order chi connectivity index (χ1) is 14.5. The van der Waals surface area contributed by atoms with Crippen molar-refractivity contribution in [2.45, 2.75) is 26.8 Å². The van der Waals surface area contributed by atoms with E-state index in [-0.39, 0.29) is 5.91 Å². The summed E-state index contributed by atoms with van der Waals surface area (Å²) in [5, 5.41) is 4.96. The van der Waals surface area contributed by atoms with Gasteiger partial charge in [-0.25, -0.2) is 4.98 Å². The van der Waals surface area contributed by atoms with Crippen molar-refractivity contribution in [1.29, 1.82) is 0 Å². The first kappa shape index (κ1) is 20.1. The minimum atomic E-state index is 0.0295. The van der Waals surface area contributed by atoms with E-state index in [1.165, 1.54) is 11.3 Å². The van der Waals surface area contributed by atoms with Gasteiger partial charge in [-0.3, -0.25) is 14.4 Å². The van der Waals surface area contributed by atoms with Crippen LogP contribution in [0.4, 0.5) is 5.13 Å². The van der Waals surface area contributed by atoms with Crippen molar-refractivity contribution < 1.29 is 9.53 Å². The lowest BCUT2D eigenvalue weighted by molar-refractivity contribution is -0.118. The summed E-state index contributed by atoms with van der Waals surface area (Å²) in [7, 11) is 1.65. The molecule has 4 rings (SSSR count). The molecule has 30 heavy (non-hydrogen) atoms. The number of hydrogen-bond donors (Lipinski definition) is 0. The summed E-state index contributed by atoms with van der Waals surface area (Å²) in [5.74, 6) is 0.810. The van der Waals surface area contributed by atoms with Crippen LogP contribution in [-0.4, -0.2) is 34.3 Å². The maximum Gasteiger partial charge on any atom is 0.233 e. The van der Waals surface area contributed by atoms with Gasteiger partial charge in [0.2, 0.25) is 5.91 Å². The molecule has 4 aromatic rings. The molecule has 0 aliphatic rings. The van der Waals surface area contributed by atoms with Crippen LogP contribution < -0.4 is 9.64 Å². The van der Waals surface area contributed by atoms with Crippen LogP contribution in [0.2, 0.25) is 0 Å². The summed E-state index contributed by atoms with van der Waals surface area (Å²) in [6.07, 6.45) is 3.98. The lowest BCUT2D eigenvalue weighted by Gasteiger charge is -2.20. The largest absolute Gasteiger partial charge is 0.497 e. The van der Waals surface area contributed by atoms with E-state index in [0.29, 0.717) is 24.6 Å². The van der Waals surface area contributed by atoms with E-state index in [0.717, 1.165) is 32.7 Å². The van der Waals surface area contributed by atoms with Gasteiger partial charge in [0.05, 0.1) is 30.3 Å². The average Bonchev–Trinajstić information content (AvgIpc) is 3.40. The van der Waals surface area contributed by atoms with Crippen molar-refractivity contribution in [3.05, 3.63) is 71.5 Å². The van der Waals surface area contributed by atoms with Crippen LogP contribution in [0.1, 0.15) is 16.7 Å². The molecular weight excluding hydrogens is 396 g/mol. The quantitative estimate of drug-likeness (QED) is 0.445. The predicted molar refractivity (Wildman–Crippen MR) is 120 cm³/mol. The number of fused-ring (bicyclic) bond motifs is 1. The molecule has 2 aromatic heterocycles. The zero-order valence-electron chi connectivity index (χ0n) is 17.3. The normalized spacial score (nSPS) is 11.0. The molecule has 154 valence electrons. The number of amides is 1. The highest BCUT2D eigenvalue weighted by molar-refractivity contribution is 7.22. The number of aryl methyl sites for hydroxylation is 2. The second-order valence-electron chi connectivity index (χ2n) is 7.25. The number of anilines is 1. The number of carbonyl (C=O) groups excluding carboxylic acids is 1. The van der Waals surface area contributed by atoms with Gasteiger partial charge in [0.1, 0.15) is 5.75 Å². The minimum Gasteiger partial charge on any atom is -0.497 e. The van der Waals surface area contributed by atoms with E-state index in [1.54, 1.807) is 18.2 Å². The molecule has 1 amide bonds. The lowest BCUT2D eigenvalue weighted by Crippen LogP contribution is -2.35. The van der Waals surface area contributed by atoms with Crippen LogP contribution in [0.5, 0.6) is 5.75 Å². The molecule has 2 aromatic carbocycles. The Labute approximate surface area is 179 Å². The first-order valence-electron chi connectivity index (χ1n) is 9.82. The fourth-order valence-electron chi connectivity index (χ4n) is 3.35. The number of thiazole rings is 1. The van der Waals surface area contributed by atoms with Gasteiger partial charge >= 0.3 is 0 Å². The van der Waals surface area contributed by atoms with E-state index in [2.05, 4.69) is 23.3 Å². The summed E-state index contributed by atoms with van der Waals surface area (Å²) in [6.45, 7) is 5.19. The standard InChI is InChI=1S/C23H24N4O2S/c1-16-5-6-17(2)18(13-16)14-22(28)27(12-11-26-10-4-9-24-26)23-25-20-8-7-19(29-3)15-21(20)30-23/h4-10,13,15H,11-12,14H2,1-3H3. The molecule has 6 nitrogen and oxygen atoms in total. The SMILES string of the molecule is COc1ccc2nc(N(CCn3cccn3)C(=O)Cc3cc(C)ccc3C)sc2c1. The van der Waals surface area contributed by atoms with Crippen LogP contribution in [0.25, 0.3) is 10.2 Å². The Morgan fingerprint density at radius 2 is 2.07 bits per heavy atom. The predicted octanol–water partition coefficient (Wildman–Crippen LogP) is 4.39. The maximum absolute atomic E-state index is 13.4. The summed E-state index contributed by atoms with van der Waals surface area (Å²) < 4.78 is 8.15. The van der Waals surface area contributed by atoms with Crippen molar-refractivity contribution in [3.63, 3.8) is 0 Å². The lowest BCUT2D eigenvalue weighted by atomic mass is 10.0. The second-order valence-corrected chi connectivity index (χ2v) is 8.26. The van der Waals surface area contributed by atoms with Crippen LogP contribution in [0, 0.1) is 13.8 Å². The van der Waals surface area contributed by atoms with Crippen LogP contribution >= 0.6 is 11.3 Å². The van der Waals surface area contributed by atoms with Gasteiger partial charge in [0, 0.05) is 18.9 Å². The number of ether oxygens (including phenoxy) is 1. The number of hydrogen-bond acceptors (Lipinski definition) is 5. The molecule has 0 unspecified atom stereocenters. The molecule has 0 spiro atoms. The highest BCUT2D eigenvalue weighted by atomic mass is 32.1. The van der Waals surface area contributed by atoms with Crippen molar-refractivity contribution in [3.8, 4) is 5.75 Å². The Balaban J connectivity index is 1.64. The zero-order chi connectivity index (χ0) is 21.1. The van der Waals surface area contributed by atoms with E-state index in [9.17, 15) is 4.79 Å². The van der Waals surface area contributed by atoms with Gasteiger partial charge in [0.25, 0.3) is 0 Å². The minimum absolute atomic E-state index is 0.0295. The van der Waals surface area contributed by atoms with Gasteiger partial charge in [-0.05, 0) is 49.2 Å². The molecule has 0 atom stereocenters. The van der Waals surface area contributed by atoms with Crippen molar-refractivity contribution in [1.82, 2.24) is 14.8 Å². The highest BCUT2D eigenvalue weighted by Gasteiger charge is 2.21. The van der Waals surface area contributed by atoms with Crippen molar-refractivity contribution >= 4 is 32.6 Å². The highest BCUT2D eigenvalue weighted by Crippen LogP contribution is 2.32. The van der Waals surface area contributed by atoms with Crippen molar-refractivity contribution in [2.24, 2.45) is 0 Å².